The lowest BCUT2D eigenvalue weighted by Crippen LogP contribution is -2.27. The van der Waals surface area contributed by atoms with Crippen molar-refractivity contribution < 1.29 is 9.72 Å². The van der Waals surface area contributed by atoms with Gasteiger partial charge in [0, 0.05) is 31.0 Å². The summed E-state index contributed by atoms with van der Waals surface area (Å²) in [5, 5.41) is 13.9. The third-order valence-corrected chi connectivity index (χ3v) is 4.42. The summed E-state index contributed by atoms with van der Waals surface area (Å²) in [7, 11) is 1.72. The fourth-order valence-electron chi connectivity index (χ4n) is 2.04. The molecule has 2 aromatic rings. The molecular weight excluding hydrogens is 338 g/mol. The Bertz CT molecular complexity index is 705. The Morgan fingerprint density at radius 3 is 2.74 bits per heavy atom. The summed E-state index contributed by atoms with van der Waals surface area (Å²) < 4.78 is 0.693. The fraction of sp³-hybridized carbons (Fsp3) is 0.267. The highest BCUT2D eigenvalue weighted by Crippen LogP contribution is 2.24. The van der Waals surface area contributed by atoms with E-state index in [1.165, 1.54) is 17.4 Å². The molecule has 1 amide bonds. The van der Waals surface area contributed by atoms with Crippen molar-refractivity contribution in [1.82, 2.24) is 4.90 Å². The Balaban J connectivity index is 1.84. The summed E-state index contributed by atoms with van der Waals surface area (Å²) in [5.74, 6) is -0.0411. The van der Waals surface area contributed by atoms with Gasteiger partial charge in [-0.1, -0.05) is 23.7 Å². The largest absolute Gasteiger partial charge is 0.379 e. The highest BCUT2D eigenvalue weighted by molar-refractivity contribution is 7.16. The van der Waals surface area contributed by atoms with Crippen LogP contribution in [0.4, 0.5) is 11.4 Å². The van der Waals surface area contributed by atoms with E-state index in [1.807, 2.05) is 6.07 Å². The number of nitrogens with zero attached hydrogens (tertiary/aromatic N) is 2. The lowest BCUT2D eigenvalue weighted by molar-refractivity contribution is -0.384. The van der Waals surface area contributed by atoms with Crippen molar-refractivity contribution in [3.63, 3.8) is 0 Å². The molecule has 0 atom stereocenters. The molecule has 1 aromatic heterocycles. The second-order valence-electron chi connectivity index (χ2n) is 4.91. The standard InChI is InChI=1S/C15H16ClN3O3S/c1-18(10-11-6-7-14(16)23-11)15(20)8-9-17-12-4-2-3-5-13(12)19(21)22/h2-7,17H,8-10H2,1H3. The third kappa shape index (κ3) is 4.94. The van der Waals surface area contributed by atoms with Crippen LogP contribution in [0.5, 0.6) is 0 Å². The Kier molecular flexibility index (Phi) is 5.95. The number of carbonyl (C=O) groups excluding carboxylic acids is 1. The van der Waals surface area contributed by atoms with Gasteiger partial charge in [0.2, 0.25) is 5.91 Å². The number of hydrogen-bond acceptors (Lipinski definition) is 5. The van der Waals surface area contributed by atoms with Crippen LogP contribution in [0.1, 0.15) is 11.3 Å². The molecule has 0 unspecified atom stereocenters. The topological polar surface area (TPSA) is 75.5 Å². The monoisotopic (exact) mass is 353 g/mol. The van der Waals surface area contributed by atoms with Crippen molar-refractivity contribution in [3.8, 4) is 0 Å². The molecule has 1 N–H and O–H groups in total. The SMILES string of the molecule is CN(Cc1ccc(Cl)s1)C(=O)CCNc1ccccc1[N+](=O)[O-]. The van der Waals surface area contributed by atoms with E-state index in [4.69, 9.17) is 11.6 Å². The Labute approximate surface area is 142 Å². The van der Waals surface area contributed by atoms with E-state index in [1.54, 1.807) is 36.2 Å². The molecule has 1 aromatic carbocycles. The van der Waals surface area contributed by atoms with Gasteiger partial charge >= 0.3 is 0 Å². The minimum absolute atomic E-state index is 0.00142. The van der Waals surface area contributed by atoms with Gasteiger partial charge < -0.3 is 10.2 Å². The number of nitro groups is 1. The van der Waals surface area contributed by atoms with Gasteiger partial charge in [0.1, 0.15) is 5.69 Å². The van der Waals surface area contributed by atoms with E-state index < -0.39 is 4.92 Å². The molecule has 0 saturated carbocycles. The van der Waals surface area contributed by atoms with Gasteiger partial charge in [-0.05, 0) is 18.2 Å². The van der Waals surface area contributed by atoms with Crippen LogP contribution in [-0.4, -0.2) is 29.3 Å². The molecule has 122 valence electrons. The van der Waals surface area contributed by atoms with E-state index in [0.717, 1.165) is 4.88 Å². The van der Waals surface area contributed by atoms with E-state index in [0.29, 0.717) is 23.1 Å². The molecule has 0 bridgehead atoms. The minimum Gasteiger partial charge on any atom is -0.379 e. The average molecular weight is 354 g/mol. The number of nitrogens with one attached hydrogen (secondary N) is 1. The lowest BCUT2D eigenvalue weighted by Gasteiger charge is -2.16. The average Bonchev–Trinajstić information content (AvgIpc) is 2.92. The number of hydrogen-bond donors (Lipinski definition) is 1. The van der Waals surface area contributed by atoms with E-state index in [2.05, 4.69) is 5.32 Å². The van der Waals surface area contributed by atoms with Gasteiger partial charge in [-0.25, -0.2) is 0 Å². The minimum atomic E-state index is -0.448. The molecule has 0 saturated heterocycles. The van der Waals surface area contributed by atoms with E-state index in [9.17, 15) is 14.9 Å². The number of rotatable bonds is 7. The zero-order valence-corrected chi connectivity index (χ0v) is 14.1. The summed E-state index contributed by atoms with van der Waals surface area (Å²) in [5.41, 5.74) is 0.416. The van der Waals surface area contributed by atoms with Gasteiger partial charge in [0.15, 0.2) is 0 Å². The van der Waals surface area contributed by atoms with Gasteiger partial charge in [-0.3, -0.25) is 14.9 Å². The van der Waals surface area contributed by atoms with Crippen LogP contribution in [0.2, 0.25) is 4.34 Å². The first-order chi connectivity index (χ1) is 11.0. The van der Waals surface area contributed by atoms with Gasteiger partial charge in [0.25, 0.3) is 5.69 Å². The van der Waals surface area contributed by atoms with Gasteiger partial charge in [-0.15, -0.1) is 11.3 Å². The maximum Gasteiger partial charge on any atom is 0.292 e. The number of amides is 1. The molecule has 0 aliphatic carbocycles. The Hall–Kier alpha value is -2.12. The van der Waals surface area contributed by atoms with Crippen molar-refractivity contribution in [2.75, 3.05) is 18.9 Å². The summed E-state index contributed by atoms with van der Waals surface area (Å²) in [6, 6.07) is 10.1. The molecular formula is C15H16ClN3O3S. The number of thiophene rings is 1. The first-order valence-corrected chi connectivity index (χ1v) is 8.12. The van der Waals surface area contributed by atoms with Crippen LogP contribution >= 0.6 is 22.9 Å². The molecule has 6 nitrogen and oxygen atoms in total. The number of nitro benzene ring substituents is 1. The second kappa shape index (κ2) is 7.94. The maximum absolute atomic E-state index is 12.1. The van der Waals surface area contributed by atoms with Crippen LogP contribution < -0.4 is 5.32 Å². The molecule has 0 radical (unpaired) electrons. The van der Waals surface area contributed by atoms with E-state index >= 15 is 0 Å². The molecule has 23 heavy (non-hydrogen) atoms. The number of carbonyl (C=O) groups is 1. The smallest absolute Gasteiger partial charge is 0.292 e. The molecule has 0 fully saturated rings. The predicted octanol–water partition coefficient (Wildman–Crippen LogP) is 3.77. The number of para-hydroxylation sites is 2. The van der Waals surface area contributed by atoms with Gasteiger partial charge in [0.05, 0.1) is 15.8 Å². The lowest BCUT2D eigenvalue weighted by atomic mass is 10.2. The van der Waals surface area contributed by atoms with Crippen molar-refractivity contribution in [1.29, 1.82) is 0 Å². The molecule has 0 aliphatic heterocycles. The van der Waals surface area contributed by atoms with E-state index in [-0.39, 0.29) is 18.0 Å². The Morgan fingerprint density at radius 2 is 2.09 bits per heavy atom. The number of anilines is 1. The first kappa shape index (κ1) is 17.2. The van der Waals surface area contributed by atoms with Crippen molar-refractivity contribution in [3.05, 3.63) is 55.7 Å². The summed E-state index contributed by atoms with van der Waals surface area (Å²) >= 11 is 7.31. The summed E-state index contributed by atoms with van der Waals surface area (Å²) in [4.78, 5) is 25.2. The quantitative estimate of drug-likeness (QED) is 0.607. The van der Waals surface area contributed by atoms with Crippen LogP contribution in [-0.2, 0) is 11.3 Å². The van der Waals surface area contributed by atoms with Crippen molar-refractivity contribution in [2.24, 2.45) is 0 Å². The maximum atomic E-state index is 12.1. The third-order valence-electron chi connectivity index (χ3n) is 3.20. The molecule has 8 heteroatoms. The molecule has 2 rings (SSSR count). The highest BCUT2D eigenvalue weighted by Gasteiger charge is 2.14. The fourth-order valence-corrected chi connectivity index (χ4v) is 3.18. The normalized spacial score (nSPS) is 10.3. The van der Waals surface area contributed by atoms with Crippen LogP contribution in [0.15, 0.2) is 36.4 Å². The van der Waals surface area contributed by atoms with Crippen molar-refractivity contribution in [2.45, 2.75) is 13.0 Å². The Morgan fingerprint density at radius 1 is 1.35 bits per heavy atom. The highest BCUT2D eigenvalue weighted by atomic mass is 35.5. The predicted molar refractivity (Wildman–Crippen MR) is 92.0 cm³/mol. The molecule has 0 spiro atoms. The number of halogens is 1. The zero-order chi connectivity index (χ0) is 16.8. The van der Waals surface area contributed by atoms with Gasteiger partial charge in [-0.2, -0.15) is 0 Å². The van der Waals surface area contributed by atoms with Crippen molar-refractivity contribution >= 4 is 40.2 Å². The summed E-state index contributed by atoms with van der Waals surface area (Å²) in [6.45, 7) is 0.834. The van der Waals surface area contributed by atoms with Crippen LogP contribution in [0.25, 0.3) is 0 Å². The zero-order valence-electron chi connectivity index (χ0n) is 12.5. The number of benzene rings is 1. The first-order valence-electron chi connectivity index (χ1n) is 6.93. The van der Waals surface area contributed by atoms with Crippen LogP contribution in [0.3, 0.4) is 0 Å². The summed E-state index contributed by atoms with van der Waals surface area (Å²) in [6.07, 6.45) is 0.252. The molecule has 0 aliphatic rings. The molecule has 1 heterocycles. The second-order valence-corrected chi connectivity index (χ2v) is 6.71. The van der Waals surface area contributed by atoms with Crippen LogP contribution in [0, 0.1) is 10.1 Å².